The van der Waals surface area contributed by atoms with Crippen LogP contribution >= 0.6 is 0 Å². The fourth-order valence-electron chi connectivity index (χ4n) is 2.55. The summed E-state index contributed by atoms with van der Waals surface area (Å²) in [5.74, 6) is 0. The molecule has 1 aliphatic rings. The third-order valence-corrected chi connectivity index (χ3v) is 3.69. The van der Waals surface area contributed by atoms with Crippen LogP contribution in [0.15, 0.2) is 48.5 Å². The molecule has 106 valence electrons. The van der Waals surface area contributed by atoms with E-state index in [1.807, 2.05) is 0 Å². The van der Waals surface area contributed by atoms with Crippen molar-refractivity contribution in [3.8, 4) is 0 Å². The SMILES string of the molecule is C.CN(C)c1ccc(C2Nc3ccccc3N2C)cc1. The Morgan fingerprint density at radius 3 is 2.25 bits per heavy atom. The normalized spacial score (nSPS) is 16.1. The molecule has 0 spiro atoms. The highest BCUT2D eigenvalue weighted by molar-refractivity contribution is 5.76. The van der Waals surface area contributed by atoms with Crippen molar-refractivity contribution in [3.63, 3.8) is 0 Å². The molecule has 1 heterocycles. The van der Waals surface area contributed by atoms with Gasteiger partial charge in [-0.2, -0.15) is 0 Å². The third-order valence-electron chi connectivity index (χ3n) is 3.69. The van der Waals surface area contributed by atoms with E-state index >= 15 is 0 Å². The molecule has 1 unspecified atom stereocenters. The number of fused-ring (bicyclic) bond motifs is 1. The van der Waals surface area contributed by atoms with Crippen LogP contribution in [0.1, 0.15) is 19.2 Å². The lowest BCUT2D eigenvalue weighted by atomic mass is 10.1. The van der Waals surface area contributed by atoms with Crippen LogP contribution in [-0.2, 0) is 0 Å². The molecule has 0 amide bonds. The van der Waals surface area contributed by atoms with Gasteiger partial charge in [0.25, 0.3) is 0 Å². The minimum atomic E-state index is 0. The van der Waals surface area contributed by atoms with Gasteiger partial charge in [0.1, 0.15) is 6.17 Å². The zero-order chi connectivity index (χ0) is 13.4. The van der Waals surface area contributed by atoms with Crippen LogP contribution in [0.25, 0.3) is 0 Å². The van der Waals surface area contributed by atoms with Gasteiger partial charge in [-0.05, 0) is 29.8 Å². The van der Waals surface area contributed by atoms with E-state index in [-0.39, 0.29) is 13.6 Å². The first kappa shape index (κ1) is 14.3. The number of hydrogen-bond donors (Lipinski definition) is 1. The second kappa shape index (κ2) is 5.45. The first-order chi connectivity index (χ1) is 9.16. The van der Waals surface area contributed by atoms with Crippen LogP contribution in [0.5, 0.6) is 0 Å². The minimum Gasteiger partial charge on any atom is -0.378 e. The molecule has 0 saturated heterocycles. The first-order valence-electron chi connectivity index (χ1n) is 6.52. The summed E-state index contributed by atoms with van der Waals surface area (Å²) >= 11 is 0. The number of nitrogens with zero attached hydrogens (tertiary/aromatic N) is 2. The Balaban J connectivity index is 0.00000147. The van der Waals surface area contributed by atoms with Gasteiger partial charge in [-0.15, -0.1) is 0 Å². The van der Waals surface area contributed by atoms with Crippen molar-refractivity contribution >= 4 is 17.1 Å². The van der Waals surface area contributed by atoms with Gasteiger partial charge in [0.05, 0.1) is 11.4 Å². The van der Waals surface area contributed by atoms with Gasteiger partial charge < -0.3 is 15.1 Å². The Bertz CT molecular complexity index is 575. The predicted octanol–water partition coefficient (Wildman–Crippen LogP) is 3.95. The topological polar surface area (TPSA) is 18.5 Å². The largest absolute Gasteiger partial charge is 0.378 e. The van der Waals surface area contributed by atoms with Crippen LogP contribution in [0.3, 0.4) is 0 Å². The summed E-state index contributed by atoms with van der Waals surface area (Å²) in [6.45, 7) is 0. The van der Waals surface area contributed by atoms with Gasteiger partial charge in [-0.3, -0.25) is 0 Å². The molecule has 0 bridgehead atoms. The predicted molar refractivity (Wildman–Crippen MR) is 88.7 cm³/mol. The molecule has 2 aromatic carbocycles. The Kier molecular flexibility index (Phi) is 3.89. The Morgan fingerprint density at radius 2 is 1.65 bits per heavy atom. The number of nitrogens with one attached hydrogen (secondary N) is 1. The fraction of sp³-hybridized carbons (Fsp3) is 0.294. The number of rotatable bonds is 2. The maximum Gasteiger partial charge on any atom is 0.125 e. The second-order valence-corrected chi connectivity index (χ2v) is 5.16. The van der Waals surface area contributed by atoms with Gasteiger partial charge in [0.2, 0.25) is 0 Å². The van der Waals surface area contributed by atoms with Crippen molar-refractivity contribution in [1.29, 1.82) is 0 Å². The number of para-hydroxylation sites is 2. The quantitative estimate of drug-likeness (QED) is 0.890. The highest BCUT2D eigenvalue weighted by atomic mass is 15.3. The molecule has 3 rings (SSSR count). The molecule has 0 aromatic heterocycles. The van der Waals surface area contributed by atoms with Crippen molar-refractivity contribution in [2.75, 3.05) is 36.3 Å². The molecule has 0 fully saturated rings. The maximum absolute atomic E-state index is 3.56. The molecule has 1 N–H and O–H groups in total. The summed E-state index contributed by atoms with van der Waals surface area (Å²) < 4.78 is 0. The fourth-order valence-corrected chi connectivity index (χ4v) is 2.55. The molecule has 1 atom stereocenters. The van der Waals surface area contributed by atoms with E-state index in [2.05, 4.69) is 84.8 Å². The van der Waals surface area contributed by atoms with E-state index in [1.54, 1.807) is 0 Å². The van der Waals surface area contributed by atoms with Crippen molar-refractivity contribution in [1.82, 2.24) is 0 Å². The molecular formula is C17H23N3. The van der Waals surface area contributed by atoms with Gasteiger partial charge in [-0.25, -0.2) is 0 Å². The van der Waals surface area contributed by atoms with Gasteiger partial charge in [-0.1, -0.05) is 31.7 Å². The average Bonchev–Trinajstić information content (AvgIpc) is 2.77. The van der Waals surface area contributed by atoms with Gasteiger partial charge >= 0.3 is 0 Å². The van der Waals surface area contributed by atoms with Crippen LogP contribution in [-0.4, -0.2) is 21.1 Å². The molecule has 0 aliphatic carbocycles. The molecule has 3 nitrogen and oxygen atoms in total. The number of hydrogen-bond acceptors (Lipinski definition) is 3. The maximum atomic E-state index is 3.56. The molecule has 2 aromatic rings. The van der Waals surface area contributed by atoms with Crippen molar-refractivity contribution < 1.29 is 0 Å². The zero-order valence-corrected chi connectivity index (χ0v) is 11.6. The Morgan fingerprint density at radius 1 is 1.00 bits per heavy atom. The van der Waals surface area contributed by atoms with Gasteiger partial charge in [0.15, 0.2) is 0 Å². The lowest BCUT2D eigenvalue weighted by molar-refractivity contribution is 0.792. The highest BCUT2D eigenvalue weighted by Gasteiger charge is 2.26. The smallest absolute Gasteiger partial charge is 0.125 e. The molecular weight excluding hydrogens is 246 g/mol. The first-order valence-corrected chi connectivity index (χ1v) is 6.52. The Hall–Kier alpha value is -2.16. The van der Waals surface area contributed by atoms with E-state index < -0.39 is 0 Å². The number of anilines is 3. The average molecular weight is 269 g/mol. The third kappa shape index (κ3) is 2.31. The summed E-state index contributed by atoms with van der Waals surface area (Å²) in [5, 5.41) is 3.56. The number of benzene rings is 2. The summed E-state index contributed by atoms with van der Waals surface area (Å²) in [6, 6.07) is 17.1. The van der Waals surface area contributed by atoms with E-state index in [1.165, 1.54) is 22.6 Å². The van der Waals surface area contributed by atoms with E-state index in [9.17, 15) is 0 Å². The lowest BCUT2D eigenvalue weighted by Crippen LogP contribution is -2.23. The standard InChI is InChI=1S/C16H19N3.CH4/c1-18(2)13-10-8-12(9-11-13)16-17-14-6-4-5-7-15(14)19(16)3;/h4-11,16-17H,1-3H3;1H4. The highest BCUT2D eigenvalue weighted by Crippen LogP contribution is 2.39. The van der Waals surface area contributed by atoms with Crippen LogP contribution in [0, 0.1) is 0 Å². The molecule has 0 radical (unpaired) electrons. The summed E-state index contributed by atoms with van der Waals surface area (Å²) in [5.41, 5.74) is 4.96. The van der Waals surface area contributed by atoms with Crippen molar-refractivity contribution in [3.05, 3.63) is 54.1 Å². The lowest BCUT2D eigenvalue weighted by Gasteiger charge is -2.23. The molecule has 0 saturated carbocycles. The molecule has 20 heavy (non-hydrogen) atoms. The Labute approximate surface area is 121 Å². The summed E-state index contributed by atoms with van der Waals surface area (Å²) in [6.07, 6.45) is 0.216. The van der Waals surface area contributed by atoms with Gasteiger partial charge in [0, 0.05) is 26.8 Å². The molecule has 1 aliphatic heterocycles. The van der Waals surface area contributed by atoms with Crippen LogP contribution in [0.2, 0.25) is 0 Å². The van der Waals surface area contributed by atoms with E-state index in [4.69, 9.17) is 0 Å². The second-order valence-electron chi connectivity index (χ2n) is 5.16. The van der Waals surface area contributed by atoms with Crippen molar-refractivity contribution in [2.45, 2.75) is 13.6 Å². The van der Waals surface area contributed by atoms with Crippen LogP contribution in [0.4, 0.5) is 17.1 Å². The van der Waals surface area contributed by atoms with Crippen molar-refractivity contribution in [2.24, 2.45) is 0 Å². The zero-order valence-electron chi connectivity index (χ0n) is 11.6. The van der Waals surface area contributed by atoms with E-state index in [0.29, 0.717) is 0 Å². The van der Waals surface area contributed by atoms with E-state index in [0.717, 1.165) is 0 Å². The molecule has 3 heteroatoms. The summed E-state index contributed by atoms with van der Waals surface area (Å²) in [4.78, 5) is 4.39. The van der Waals surface area contributed by atoms with Crippen LogP contribution < -0.4 is 15.1 Å². The summed E-state index contributed by atoms with van der Waals surface area (Å²) in [7, 11) is 6.25. The minimum absolute atomic E-state index is 0. The monoisotopic (exact) mass is 269 g/mol.